The Morgan fingerprint density at radius 2 is 1.79 bits per heavy atom. The van der Waals surface area contributed by atoms with E-state index in [0.717, 1.165) is 17.5 Å². The van der Waals surface area contributed by atoms with Crippen LogP contribution in [-0.4, -0.2) is 15.3 Å². The van der Waals surface area contributed by atoms with E-state index in [1.165, 1.54) is 12.1 Å². The predicted molar refractivity (Wildman–Crippen MR) is 69.6 cm³/mol. The second-order valence-electron chi connectivity index (χ2n) is 4.65. The Labute approximate surface area is 110 Å². The van der Waals surface area contributed by atoms with Crippen molar-refractivity contribution in [1.82, 2.24) is 0 Å². The topological polar surface area (TPSA) is 69.9 Å². The summed E-state index contributed by atoms with van der Waals surface area (Å²) in [5.74, 6) is 0.633. The highest BCUT2D eigenvalue weighted by Gasteiger charge is 2.23. The van der Waals surface area contributed by atoms with Gasteiger partial charge in [0.05, 0.1) is 0 Å². The Hall–Kier alpha value is -2.36. The molecule has 0 fully saturated rings. The highest BCUT2D eigenvalue weighted by atomic mass is 16.5. The van der Waals surface area contributed by atoms with Crippen molar-refractivity contribution in [3.63, 3.8) is 0 Å². The van der Waals surface area contributed by atoms with E-state index >= 15 is 0 Å². The molecule has 98 valence electrons. The molecule has 3 N–H and O–H groups in total. The summed E-state index contributed by atoms with van der Waals surface area (Å²) in [6.07, 6.45) is 1.25. The molecule has 0 aliphatic carbocycles. The normalized spacial score (nSPS) is 17.6. The number of rotatable bonds is 1. The van der Waals surface area contributed by atoms with Gasteiger partial charge in [-0.3, -0.25) is 0 Å². The van der Waals surface area contributed by atoms with Gasteiger partial charge in [-0.05, 0) is 42.7 Å². The average molecular weight is 258 g/mol. The Bertz CT molecular complexity index is 622. The van der Waals surface area contributed by atoms with Crippen LogP contribution in [0.5, 0.6) is 23.0 Å². The van der Waals surface area contributed by atoms with E-state index in [0.29, 0.717) is 12.2 Å². The third kappa shape index (κ3) is 2.05. The largest absolute Gasteiger partial charge is 0.508 e. The maximum atomic E-state index is 9.74. The summed E-state index contributed by atoms with van der Waals surface area (Å²) in [5.41, 5.74) is 1.63. The quantitative estimate of drug-likeness (QED) is 0.688. The molecular weight excluding hydrogens is 244 g/mol. The van der Waals surface area contributed by atoms with Crippen LogP contribution in [0.25, 0.3) is 0 Å². The minimum Gasteiger partial charge on any atom is -0.508 e. The van der Waals surface area contributed by atoms with Crippen LogP contribution in [0.2, 0.25) is 0 Å². The second-order valence-corrected chi connectivity index (χ2v) is 4.65. The fraction of sp³-hybridized carbons (Fsp3) is 0.200. The van der Waals surface area contributed by atoms with Crippen molar-refractivity contribution in [2.45, 2.75) is 18.9 Å². The van der Waals surface area contributed by atoms with E-state index in [-0.39, 0.29) is 23.4 Å². The van der Waals surface area contributed by atoms with Crippen molar-refractivity contribution in [3.05, 3.63) is 47.5 Å². The molecule has 19 heavy (non-hydrogen) atoms. The Kier molecular flexibility index (Phi) is 2.71. The van der Waals surface area contributed by atoms with Crippen LogP contribution in [-0.2, 0) is 6.42 Å². The molecule has 0 unspecified atom stereocenters. The number of hydrogen-bond acceptors (Lipinski definition) is 4. The van der Waals surface area contributed by atoms with Gasteiger partial charge in [0.2, 0.25) is 0 Å². The molecule has 4 nitrogen and oxygen atoms in total. The van der Waals surface area contributed by atoms with E-state index in [9.17, 15) is 15.3 Å². The van der Waals surface area contributed by atoms with Crippen LogP contribution in [0.4, 0.5) is 0 Å². The van der Waals surface area contributed by atoms with Gasteiger partial charge in [0, 0.05) is 5.56 Å². The number of phenolic OH excluding ortho intramolecular Hbond substituents is 3. The van der Waals surface area contributed by atoms with E-state index in [1.807, 2.05) is 6.07 Å². The standard InChI is InChI=1S/C15H14O4/c16-11-2-1-3-15-10(11)5-7-14(19-15)9-4-6-12(17)13(18)8-9/h1-4,6,8,14,16-18H,5,7H2/t14-/m0/s1. The Morgan fingerprint density at radius 1 is 0.947 bits per heavy atom. The SMILES string of the molecule is Oc1ccc([C@@H]2CCc3c(O)cccc3O2)cc1O. The van der Waals surface area contributed by atoms with Gasteiger partial charge in [0.1, 0.15) is 17.6 Å². The van der Waals surface area contributed by atoms with E-state index in [2.05, 4.69) is 0 Å². The molecule has 0 saturated carbocycles. The lowest BCUT2D eigenvalue weighted by atomic mass is 9.96. The van der Waals surface area contributed by atoms with Crippen LogP contribution in [0.1, 0.15) is 23.7 Å². The zero-order valence-corrected chi connectivity index (χ0v) is 10.2. The monoisotopic (exact) mass is 258 g/mol. The van der Waals surface area contributed by atoms with Gasteiger partial charge in [0.15, 0.2) is 11.5 Å². The van der Waals surface area contributed by atoms with Gasteiger partial charge < -0.3 is 20.1 Å². The van der Waals surface area contributed by atoms with Crippen molar-refractivity contribution in [2.24, 2.45) is 0 Å². The number of hydrogen-bond donors (Lipinski definition) is 3. The third-order valence-corrected chi connectivity index (χ3v) is 3.41. The summed E-state index contributed by atoms with van der Waals surface area (Å²) in [4.78, 5) is 0. The summed E-state index contributed by atoms with van der Waals surface area (Å²) >= 11 is 0. The summed E-state index contributed by atoms with van der Waals surface area (Å²) in [7, 11) is 0. The van der Waals surface area contributed by atoms with Gasteiger partial charge in [-0.25, -0.2) is 0 Å². The summed E-state index contributed by atoms with van der Waals surface area (Å²) in [5, 5.41) is 28.6. The summed E-state index contributed by atoms with van der Waals surface area (Å²) in [6, 6.07) is 9.90. The fourth-order valence-electron chi connectivity index (χ4n) is 2.38. The van der Waals surface area contributed by atoms with E-state index in [1.54, 1.807) is 18.2 Å². The number of fused-ring (bicyclic) bond motifs is 1. The predicted octanol–water partition coefficient (Wildman–Crippen LogP) is 2.87. The minimum absolute atomic E-state index is 0.141. The first-order valence-electron chi connectivity index (χ1n) is 6.14. The van der Waals surface area contributed by atoms with Crippen LogP contribution in [0.3, 0.4) is 0 Å². The first-order valence-corrected chi connectivity index (χ1v) is 6.14. The molecule has 2 aromatic rings. The van der Waals surface area contributed by atoms with Crippen LogP contribution in [0.15, 0.2) is 36.4 Å². The highest BCUT2D eigenvalue weighted by Crippen LogP contribution is 2.40. The van der Waals surface area contributed by atoms with Crippen molar-refractivity contribution in [2.75, 3.05) is 0 Å². The lowest BCUT2D eigenvalue weighted by Gasteiger charge is -2.27. The lowest BCUT2D eigenvalue weighted by molar-refractivity contribution is 0.174. The van der Waals surface area contributed by atoms with Gasteiger partial charge in [-0.2, -0.15) is 0 Å². The van der Waals surface area contributed by atoms with Crippen molar-refractivity contribution in [1.29, 1.82) is 0 Å². The van der Waals surface area contributed by atoms with Crippen molar-refractivity contribution in [3.8, 4) is 23.0 Å². The molecule has 2 aromatic carbocycles. The van der Waals surface area contributed by atoms with Crippen molar-refractivity contribution >= 4 is 0 Å². The number of benzene rings is 2. The molecule has 0 saturated heterocycles. The molecule has 0 aromatic heterocycles. The molecule has 1 atom stereocenters. The fourth-order valence-corrected chi connectivity index (χ4v) is 2.38. The molecule has 0 spiro atoms. The number of aromatic hydroxyl groups is 3. The zero-order valence-electron chi connectivity index (χ0n) is 10.2. The molecule has 0 amide bonds. The molecule has 1 heterocycles. The first-order chi connectivity index (χ1) is 9.15. The summed E-state index contributed by atoms with van der Waals surface area (Å²) < 4.78 is 5.84. The van der Waals surface area contributed by atoms with Gasteiger partial charge in [0.25, 0.3) is 0 Å². The third-order valence-electron chi connectivity index (χ3n) is 3.41. The Balaban J connectivity index is 1.91. The lowest BCUT2D eigenvalue weighted by Crippen LogP contribution is -2.15. The van der Waals surface area contributed by atoms with Gasteiger partial charge in [-0.15, -0.1) is 0 Å². The average Bonchev–Trinajstić information content (AvgIpc) is 2.42. The van der Waals surface area contributed by atoms with Gasteiger partial charge >= 0.3 is 0 Å². The molecule has 0 radical (unpaired) electrons. The second kappa shape index (κ2) is 4.39. The molecular formula is C15H14O4. The van der Waals surface area contributed by atoms with Gasteiger partial charge in [-0.1, -0.05) is 12.1 Å². The maximum Gasteiger partial charge on any atom is 0.157 e. The molecule has 3 rings (SSSR count). The van der Waals surface area contributed by atoms with Crippen LogP contribution < -0.4 is 4.74 Å². The molecule has 4 heteroatoms. The molecule has 1 aliphatic heterocycles. The van der Waals surface area contributed by atoms with E-state index < -0.39 is 0 Å². The Morgan fingerprint density at radius 3 is 2.58 bits per heavy atom. The minimum atomic E-state index is -0.180. The molecule has 1 aliphatic rings. The maximum absolute atomic E-state index is 9.74. The van der Waals surface area contributed by atoms with Crippen LogP contribution in [0, 0.1) is 0 Å². The van der Waals surface area contributed by atoms with Crippen molar-refractivity contribution < 1.29 is 20.1 Å². The molecule has 0 bridgehead atoms. The first kappa shape index (κ1) is 11.7. The number of phenols is 3. The van der Waals surface area contributed by atoms with Crippen LogP contribution >= 0.6 is 0 Å². The number of ether oxygens (including phenoxy) is 1. The smallest absolute Gasteiger partial charge is 0.157 e. The summed E-state index contributed by atoms with van der Waals surface area (Å²) in [6.45, 7) is 0. The van der Waals surface area contributed by atoms with E-state index in [4.69, 9.17) is 4.74 Å². The highest BCUT2D eigenvalue weighted by molar-refractivity contribution is 5.47. The zero-order chi connectivity index (χ0) is 13.4.